The third-order valence-corrected chi connectivity index (χ3v) is 1.76. The van der Waals surface area contributed by atoms with Crippen molar-refractivity contribution in [2.45, 2.75) is 31.7 Å². The van der Waals surface area contributed by atoms with Crippen molar-refractivity contribution in [2.24, 2.45) is 0 Å². The van der Waals surface area contributed by atoms with E-state index in [1.165, 1.54) is 0 Å². The Morgan fingerprint density at radius 1 is 1.09 bits per heavy atom. The van der Waals surface area contributed by atoms with Crippen molar-refractivity contribution >= 4 is 8.46 Å². The lowest BCUT2D eigenvalue weighted by atomic mass is 10.2. The van der Waals surface area contributed by atoms with Gasteiger partial charge in [0.2, 0.25) is 0 Å². The van der Waals surface area contributed by atoms with Gasteiger partial charge in [-0.25, -0.2) is 0 Å². The van der Waals surface area contributed by atoms with E-state index in [1.807, 2.05) is 0 Å². The molecule has 0 atom stereocenters. The molecule has 0 saturated heterocycles. The highest BCUT2D eigenvalue weighted by molar-refractivity contribution is 7.23. The van der Waals surface area contributed by atoms with Gasteiger partial charge < -0.3 is 15.3 Å². The number of hydrogen-bond donors (Lipinski definition) is 3. The van der Waals surface area contributed by atoms with Crippen LogP contribution in [0.1, 0.15) is 25.7 Å². The van der Waals surface area contributed by atoms with Gasteiger partial charge in [-0.05, 0) is 12.8 Å². The van der Waals surface area contributed by atoms with Gasteiger partial charge >= 0.3 is 0 Å². The van der Waals surface area contributed by atoms with Gasteiger partial charge in [-0.2, -0.15) is 0 Å². The first-order valence-electron chi connectivity index (χ1n) is 3.52. The third kappa shape index (κ3) is 9.98. The summed E-state index contributed by atoms with van der Waals surface area (Å²) in [6.07, 6.45) is 2.59. The fourth-order valence-electron chi connectivity index (χ4n) is 0.715. The maximum atomic E-state index is 9.91. The topological polar surface area (TPSA) is 77.8 Å². The molecule has 0 aliphatic rings. The monoisotopic (exact) mass is 180 g/mol. The molecule has 66 valence electrons. The van der Waals surface area contributed by atoms with Crippen molar-refractivity contribution < 1.29 is 19.9 Å². The molecule has 0 aromatic rings. The molecule has 0 fully saturated rings. The quantitative estimate of drug-likeness (QED) is 0.315. The molecule has 4 nitrogen and oxygen atoms in total. The fraction of sp³-hybridized carbons (Fsp3) is 1.00. The predicted molar refractivity (Wildman–Crippen MR) is 40.3 cm³/mol. The lowest BCUT2D eigenvalue weighted by Crippen LogP contribution is -2.26. The second-order valence-corrected chi connectivity index (χ2v) is 3.14. The van der Waals surface area contributed by atoms with Gasteiger partial charge in [-0.15, -0.1) is 0 Å². The molecule has 0 aliphatic heterocycles. The lowest BCUT2D eigenvalue weighted by Gasteiger charge is -2.12. The number of rotatable bonds is 6. The number of unbranched alkanes of at least 4 members (excludes halogenated alkanes) is 2. The maximum Gasteiger partial charge on any atom is 0.275 e. The highest BCUT2D eigenvalue weighted by atomic mass is 31.1. The van der Waals surface area contributed by atoms with Gasteiger partial charge in [0.15, 0.2) is 8.46 Å². The van der Waals surface area contributed by atoms with E-state index in [-0.39, 0.29) is 14.9 Å². The van der Waals surface area contributed by atoms with Crippen LogP contribution in [-0.2, 0) is 4.57 Å². The molecule has 0 spiro atoms. The molecule has 0 rings (SSSR count). The van der Waals surface area contributed by atoms with Crippen LogP contribution in [0.5, 0.6) is 0 Å². The van der Waals surface area contributed by atoms with Crippen LogP contribution in [-0.4, -0.2) is 27.5 Å². The van der Waals surface area contributed by atoms with Crippen molar-refractivity contribution in [3.05, 3.63) is 0 Å². The van der Waals surface area contributed by atoms with Crippen LogP contribution < -0.4 is 0 Å². The second kappa shape index (κ2) is 5.61. The molecule has 0 amide bonds. The van der Waals surface area contributed by atoms with Crippen LogP contribution in [0.15, 0.2) is 0 Å². The van der Waals surface area contributed by atoms with Crippen molar-refractivity contribution in [3.63, 3.8) is 0 Å². The Bertz CT molecular complexity index is 110. The standard InChI is InChI=1S/C6H13O4P/c7-6(8,9)4-2-1-3-5-11-10/h7-9H,1-5H2. The van der Waals surface area contributed by atoms with Crippen molar-refractivity contribution in [2.75, 3.05) is 6.16 Å². The highest BCUT2D eigenvalue weighted by Crippen LogP contribution is 2.09. The molecular weight excluding hydrogens is 167 g/mol. The van der Waals surface area contributed by atoms with Crippen molar-refractivity contribution in [1.82, 2.24) is 0 Å². The zero-order valence-electron chi connectivity index (χ0n) is 6.23. The van der Waals surface area contributed by atoms with Crippen molar-refractivity contribution in [3.8, 4) is 0 Å². The van der Waals surface area contributed by atoms with E-state index in [0.717, 1.165) is 12.8 Å². The van der Waals surface area contributed by atoms with E-state index in [1.54, 1.807) is 0 Å². The Hall–Kier alpha value is -0.0200. The third-order valence-electron chi connectivity index (χ3n) is 1.26. The first kappa shape index (κ1) is 11.0. The summed E-state index contributed by atoms with van der Waals surface area (Å²) in [7, 11) is 0.120. The van der Waals surface area contributed by atoms with E-state index in [9.17, 15) is 4.57 Å². The molecular formula is C6H13O4P. The number of hydrogen-bond acceptors (Lipinski definition) is 4. The van der Waals surface area contributed by atoms with Gasteiger partial charge in [-0.3, -0.25) is 4.57 Å². The van der Waals surface area contributed by atoms with Gasteiger partial charge in [0, 0.05) is 12.6 Å². The molecule has 0 aromatic carbocycles. The van der Waals surface area contributed by atoms with E-state index >= 15 is 0 Å². The molecule has 0 aromatic heterocycles. The Labute approximate surface area is 67.1 Å². The largest absolute Gasteiger partial charge is 0.344 e. The summed E-state index contributed by atoms with van der Waals surface area (Å²) in [6.45, 7) is 0. The van der Waals surface area contributed by atoms with Gasteiger partial charge in [0.1, 0.15) is 0 Å². The Morgan fingerprint density at radius 3 is 2.18 bits per heavy atom. The molecule has 0 bridgehead atoms. The van der Waals surface area contributed by atoms with E-state index in [2.05, 4.69) is 0 Å². The summed E-state index contributed by atoms with van der Waals surface area (Å²) in [5, 5.41) is 25.3. The average Bonchev–Trinajstić information content (AvgIpc) is 1.85. The fourth-order valence-corrected chi connectivity index (χ4v) is 1.07. The molecule has 0 radical (unpaired) electrons. The van der Waals surface area contributed by atoms with Gasteiger partial charge in [0.25, 0.3) is 5.97 Å². The zero-order valence-corrected chi connectivity index (χ0v) is 7.13. The molecule has 0 unspecified atom stereocenters. The van der Waals surface area contributed by atoms with Gasteiger partial charge in [0.05, 0.1) is 0 Å². The highest BCUT2D eigenvalue weighted by Gasteiger charge is 2.16. The van der Waals surface area contributed by atoms with Crippen LogP contribution in [0.3, 0.4) is 0 Å². The van der Waals surface area contributed by atoms with Crippen LogP contribution in [0, 0.1) is 0 Å². The number of aliphatic hydroxyl groups is 3. The maximum absolute atomic E-state index is 9.91. The summed E-state index contributed by atoms with van der Waals surface area (Å²) >= 11 is 0. The molecule has 3 N–H and O–H groups in total. The summed E-state index contributed by atoms with van der Waals surface area (Å²) in [5.74, 6) is -2.53. The first-order chi connectivity index (χ1) is 5.06. The summed E-state index contributed by atoms with van der Waals surface area (Å²) in [6, 6.07) is 0. The minimum Gasteiger partial charge on any atom is -0.344 e. The minimum atomic E-state index is -2.53. The van der Waals surface area contributed by atoms with Crippen LogP contribution in [0.2, 0.25) is 0 Å². The zero-order chi connectivity index (χ0) is 8.74. The van der Waals surface area contributed by atoms with Crippen LogP contribution in [0.25, 0.3) is 0 Å². The second-order valence-electron chi connectivity index (χ2n) is 2.44. The van der Waals surface area contributed by atoms with Gasteiger partial charge in [-0.1, -0.05) is 6.42 Å². The molecule has 0 aliphatic carbocycles. The average molecular weight is 180 g/mol. The Morgan fingerprint density at radius 2 is 1.73 bits per heavy atom. The van der Waals surface area contributed by atoms with E-state index in [4.69, 9.17) is 15.3 Å². The summed E-state index contributed by atoms with van der Waals surface area (Å²) in [5.41, 5.74) is 0. The molecule has 0 saturated carbocycles. The predicted octanol–water partition coefficient (Wildman–Crippen LogP) is 0.469. The van der Waals surface area contributed by atoms with E-state index < -0.39 is 5.97 Å². The van der Waals surface area contributed by atoms with Crippen LogP contribution >= 0.6 is 8.46 Å². The minimum absolute atomic E-state index is 0.0528. The summed E-state index contributed by atoms with van der Waals surface area (Å²) < 4.78 is 9.91. The molecule has 11 heavy (non-hydrogen) atoms. The molecule has 5 heteroatoms. The Kier molecular flexibility index (Phi) is 5.60. The summed E-state index contributed by atoms with van der Waals surface area (Å²) in [4.78, 5) is 0. The van der Waals surface area contributed by atoms with Crippen LogP contribution in [0.4, 0.5) is 0 Å². The smallest absolute Gasteiger partial charge is 0.275 e. The Balaban J connectivity index is 3.08. The lowest BCUT2D eigenvalue weighted by molar-refractivity contribution is -0.314. The SMILES string of the molecule is O=PCCCCCC(O)(O)O. The van der Waals surface area contributed by atoms with E-state index in [0.29, 0.717) is 12.6 Å². The normalized spacial score (nSPS) is 12.3. The molecule has 0 heterocycles. The first-order valence-corrected chi connectivity index (χ1v) is 4.52. The van der Waals surface area contributed by atoms with Crippen molar-refractivity contribution in [1.29, 1.82) is 0 Å².